The Hall–Kier alpha value is -3.27. The number of nitrogens with two attached hydrogens (primary N) is 1. The van der Waals surface area contributed by atoms with Gasteiger partial charge in [0.05, 0.1) is 17.5 Å². The Morgan fingerprint density at radius 3 is 2.81 bits per heavy atom. The van der Waals surface area contributed by atoms with E-state index in [2.05, 4.69) is 14.5 Å². The number of benzene rings is 1. The quantitative estimate of drug-likeness (QED) is 0.521. The highest BCUT2D eigenvalue weighted by molar-refractivity contribution is 5.84. The van der Waals surface area contributed by atoms with E-state index < -0.39 is 0 Å². The summed E-state index contributed by atoms with van der Waals surface area (Å²) in [6.07, 6.45) is 4.24. The van der Waals surface area contributed by atoms with Crippen LogP contribution in [0.3, 0.4) is 0 Å². The zero-order valence-electron chi connectivity index (χ0n) is 18.0. The average Bonchev–Trinajstić information content (AvgIpc) is 3.39. The van der Waals surface area contributed by atoms with Gasteiger partial charge in [0.15, 0.2) is 28.5 Å². The molecular formula is C22H24FN7O2. The zero-order chi connectivity index (χ0) is 22.0. The number of hydrogen-bond donors (Lipinski definition) is 1. The Morgan fingerprint density at radius 1 is 1.16 bits per heavy atom. The average molecular weight is 437 g/mol. The van der Waals surface area contributed by atoms with Crippen LogP contribution in [-0.4, -0.2) is 42.3 Å². The number of rotatable bonds is 3. The van der Waals surface area contributed by atoms with Crippen LogP contribution in [0.4, 0.5) is 10.2 Å². The number of aromatic nitrogens is 6. The molecule has 1 unspecified atom stereocenters. The molecule has 0 radical (unpaired) electrons. The SMILES string of the molecule is CC(c1nc2ccc(F)c3c2n1[C@H](C)CO3)c1nc2c(N)ncnc2n1[C@@H]1CCCCO1. The summed E-state index contributed by atoms with van der Waals surface area (Å²) in [6, 6.07) is 3.10. The van der Waals surface area contributed by atoms with Crippen LogP contribution in [0.5, 0.6) is 5.75 Å². The molecule has 0 saturated carbocycles. The zero-order valence-corrected chi connectivity index (χ0v) is 18.0. The standard InChI is InChI=1S/C22H24FN7O2/c1-11-9-32-18-13(23)6-7-14-17(18)29(11)20(27-14)12(2)21-28-16-19(24)25-10-26-22(16)30(21)15-5-3-4-8-31-15/h6-7,10-12,15H,3-5,8-9H2,1-2H3,(H2,24,25,26)/t11-,12?,15+/m1/s1. The van der Waals surface area contributed by atoms with E-state index in [0.29, 0.717) is 41.2 Å². The number of fused-ring (bicyclic) bond motifs is 1. The lowest BCUT2D eigenvalue weighted by Crippen LogP contribution is -2.25. The van der Waals surface area contributed by atoms with Crippen molar-refractivity contribution < 1.29 is 13.9 Å². The van der Waals surface area contributed by atoms with Crippen LogP contribution in [0.15, 0.2) is 18.5 Å². The van der Waals surface area contributed by atoms with Crippen molar-refractivity contribution in [2.45, 2.75) is 51.3 Å². The van der Waals surface area contributed by atoms with Crippen molar-refractivity contribution in [2.24, 2.45) is 0 Å². The second-order valence-electron chi connectivity index (χ2n) is 8.56. The number of nitrogens with zero attached hydrogens (tertiary/aromatic N) is 6. The van der Waals surface area contributed by atoms with Crippen molar-refractivity contribution in [2.75, 3.05) is 18.9 Å². The smallest absolute Gasteiger partial charge is 0.180 e. The van der Waals surface area contributed by atoms with E-state index in [0.717, 1.165) is 30.9 Å². The van der Waals surface area contributed by atoms with Gasteiger partial charge in [0, 0.05) is 6.61 Å². The highest BCUT2D eigenvalue weighted by atomic mass is 19.1. The minimum Gasteiger partial charge on any atom is -0.486 e. The molecule has 166 valence electrons. The van der Waals surface area contributed by atoms with Crippen LogP contribution >= 0.6 is 0 Å². The van der Waals surface area contributed by atoms with Crippen LogP contribution in [0, 0.1) is 5.82 Å². The van der Waals surface area contributed by atoms with E-state index in [1.807, 2.05) is 18.4 Å². The summed E-state index contributed by atoms with van der Waals surface area (Å²) in [4.78, 5) is 18.4. The van der Waals surface area contributed by atoms with Crippen LogP contribution in [-0.2, 0) is 4.74 Å². The normalized spacial score (nSPS) is 21.7. The van der Waals surface area contributed by atoms with Gasteiger partial charge in [-0.2, -0.15) is 0 Å². The van der Waals surface area contributed by atoms with Crippen molar-refractivity contribution in [3.8, 4) is 5.75 Å². The number of nitrogen functional groups attached to an aromatic ring is 1. The monoisotopic (exact) mass is 437 g/mol. The van der Waals surface area contributed by atoms with E-state index in [1.54, 1.807) is 6.07 Å². The molecule has 10 heteroatoms. The molecule has 2 aliphatic rings. The van der Waals surface area contributed by atoms with Crippen LogP contribution in [0.2, 0.25) is 0 Å². The summed E-state index contributed by atoms with van der Waals surface area (Å²) in [7, 11) is 0. The topological polar surface area (TPSA) is 106 Å². The largest absolute Gasteiger partial charge is 0.486 e. The summed E-state index contributed by atoms with van der Waals surface area (Å²) in [6.45, 7) is 5.16. The van der Waals surface area contributed by atoms with Crippen molar-refractivity contribution in [3.63, 3.8) is 0 Å². The van der Waals surface area contributed by atoms with Crippen LogP contribution in [0.25, 0.3) is 22.2 Å². The highest BCUT2D eigenvalue weighted by Gasteiger charge is 2.33. The van der Waals surface area contributed by atoms with Gasteiger partial charge >= 0.3 is 0 Å². The molecule has 0 aliphatic carbocycles. The van der Waals surface area contributed by atoms with Gasteiger partial charge in [-0.3, -0.25) is 4.57 Å². The first kappa shape index (κ1) is 19.4. The lowest BCUT2D eigenvalue weighted by molar-refractivity contribution is -0.0316. The first-order valence-electron chi connectivity index (χ1n) is 11.0. The molecule has 6 rings (SSSR count). The lowest BCUT2D eigenvalue weighted by atomic mass is 10.1. The number of ether oxygens (including phenoxy) is 2. The van der Waals surface area contributed by atoms with Crippen molar-refractivity contribution >= 4 is 28.0 Å². The van der Waals surface area contributed by atoms with Gasteiger partial charge in [0.2, 0.25) is 0 Å². The Labute approximate surface area is 183 Å². The summed E-state index contributed by atoms with van der Waals surface area (Å²) < 4.78 is 30.4. The van der Waals surface area contributed by atoms with Gasteiger partial charge in [-0.05, 0) is 45.2 Å². The molecule has 0 bridgehead atoms. The summed E-state index contributed by atoms with van der Waals surface area (Å²) in [5.74, 6) is 1.53. The van der Waals surface area contributed by atoms with E-state index in [1.165, 1.54) is 12.4 Å². The summed E-state index contributed by atoms with van der Waals surface area (Å²) >= 11 is 0. The Morgan fingerprint density at radius 2 is 2.00 bits per heavy atom. The molecule has 2 N–H and O–H groups in total. The molecule has 3 atom stereocenters. The van der Waals surface area contributed by atoms with Crippen molar-refractivity contribution in [1.82, 2.24) is 29.1 Å². The van der Waals surface area contributed by atoms with Crippen LogP contribution in [0.1, 0.15) is 62.9 Å². The maximum absolute atomic E-state index is 14.5. The Bertz CT molecular complexity index is 1340. The lowest BCUT2D eigenvalue weighted by Gasteiger charge is -2.28. The third-order valence-electron chi connectivity index (χ3n) is 6.45. The third-order valence-corrected chi connectivity index (χ3v) is 6.45. The number of halogens is 1. The predicted octanol–water partition coefficient (Wildman–Crippen LogP) is 3.70. The molecule has 1 fully saturated rings. The Kier molecular flexibility index (Phi) is 4.32. The van der Waals surface area contributed by atoms with Gasteiger partial charge in [-0.15, -0.1) is 0 Å². The van der Waals surface area contributed by atoms with E-state index in [-0.39, 0.29) is 29.8 Å². The Balaban J connectivity index is 1.58. The minimum absolute atomic E-state index is 0.000343. The molecule has 2 aliphatic heterocycles. The molecule has 0 spiro atoms. The van der Waals surface area contributed by atoms with E-state index >= 15 is 0 Å². The number of imidazole rings is 2. The molecule has 0 amide bonds. The van der Waals surface area contributed by atoms with Crippen molar-refractivity contribution in [3.05, 3.63) is 35.9 Å². The van der Waals surface area contributed by atoms with Gasteiger partial charge in [0.25, 0.3) is 0 Å². The summed E-state index contributed by atoms with van der Waals surface area (Å²) in [5.41, 5.74) is 8.74. The second kappa shape index (κ2) is 7.13. The van der Waals surface area contributed by atoms with Gasteiger partial charge < -0.3 is 19.8 Å². The fourth-order valence-corrected chi connectivity index (χ4v) is 4.89. The fraction of sp³-hybridized carbons (Fsp3) is 0.455. The predicted molar refractivity (Wildman–Crippen MR) is 116 cm³/mol. The molecule has 3 aromatic heterocycles. The summed E-state index contributed by atoms with van der Waals surface area (Å²) in [5, 5.41) is 0. The molecule has 32 heavy (non-hydrogen) atoms. The van der Waals surface area contributed by atoms with Gasteiger partial charge in [0.1, 0.15) is 36.3 Å². The molecule has 1 aromatic carbocycles. The van der Waals surface area contributed by atoms with Crippen LogP contribution < -0.4 is 10.5 Å². The van der Waals surface area contributed by atoms with E-state index in [4.69, 9.17) is 25.2 Å². The fourth-order valence-electron chi connectivity index (χ4n) is 4.89. The molecular weight excluding hydrogens is 413 g/mol. The third kappa shape index (κ3) is 2.72. The minimum atomic E-state index is -0.379. The molecule has 1 saturated heterocycles. The van der Waals surface area contributed by atoms with E-state index in [9.17, 15) is 4.39 Å². The number of hydrogen-bond acceptors (Lipinski definition) is 7. The molecule has 4 aromatic rings. The second-order valence-corrected chi connectivity index (χ2v) is 8.56. The highest BCUT2D eigenvalue weighted by Crippen LogP contribution is 2.40. The number of anilines is 1. The van der Waals surface area contributed by atoms with Gasteiger partial charge in [-0.25, -0.2) is 24.3 Å². The first-order valence-corrected chi connectivity index (χ1v) is 11.0. The van der Waals surface area contributed by atoms with Gasteiger partial charge in [-0.1, -0.05) is 0 Å². The maximum atomic E-state index is 14.5. The first-order chi connectivity index (χ1) is 15.5. The molecule has 5 heterocycles. The molecule has 9 nitrogen and oxygen atoms in total. The maximum Gasteiger partial charge on any atom is 0.180 e. The van der Waals surface area contributed by atoms with Crippen molar-refractivity contribution in [1.29, 1.82) is 0 Å².